The van der Waals surface area contributed by atoms with Crippen LogP contribution in [0.1, 0.15) is 38.5 Å². The Morgan fingerprint density at radius 2 is 2.12 bits per heavy atom. The van der Waals surface area contributed by atoms with Crippen LogP contribution in [-0.2, 0) is 4.79 Å². The van der Waals surface area contributed by atoms with Gasteiger partial charge in [-0.2, -0.15) is 0 Å². The molecular formula is C12H22N2O2. The molecule has 2 aliphatic rings. The minimum absolute atomic E-state index is 0.00662. The molecule has 0 aromatic rings. The molecule has 0 spiro atoms. The van der Waals surface area contributed by atoms with Gasteiger partial charge in [-0.15, -0.1) is 0 Å². The second-order valence-electron chi connectivity index (χ2n) is 4.87. The number of aliphatic hydroxyl groups excluding tert-OH is 1. The molecule has 4 heteroatoms. The molecule has 2 fully saturated rings. The quantitative estimate of drug-likeness (QED) is 0.721. The highest BCUT2D eigenvalue weighted by Crippen LogP contribution is 2.19. The van der Waals surface area contributed by atoms with Gasteiger partial charge < -0.3 is 15.3 Å². The van der Waals surface area contributed by atoms with Crippen molar-refractivity contribution < 1.29 is 9.90 Å². The van der Waals surface area contributed by atoms with Gasteiger partial charge in [0, 0.05) is 6.54 Å². The lowest BCUT2D eigenvalue weighted by molar-refractivity contribution is -0.136. The molecule has 2 atom stereocenters. The summed E-state index contributed by atoms with van der Waals surface area (Å²) in [5, 5.41) is 12.6. The first-order valence-electron chi connectivity index (χ1n) is 6.47. The lowest BCUT2D eigenvalue weighted by atomic mass is 10.1. The SMILES string of the molecule is O=C([C@H]1CCCN1)N1CCCCCC1CO. The maximum absolute atomic E-state index is 12.3. The van der Waals surface area contributed by atoms with E-state index in [9.17, 15) is 9.90 Å². The van der Waals surface area contributed by atoms with Gasteiger partial charge in [0.2, 0.25) is 5.91 Å². The normalized spacial score (nSPS) is 31.4. The number of aliphatic hydroxyl groups is 1. The summed E-state index contributed by atoms with van der Waals surface area (Å²) in [5.74, 6) is 0.207. The van der Waals surface area contributed by atoms with Gasteiger partial charge in [-0.1, -0.05) is 12.8 Å². The Morgan fingerprint density at radius 1 is 1.25 bits per heavy atom. The van der Waals surface area contributed by atoms with Crippen molar-refractivity contribution in [1.29, 1.82) is 0 Å². The number of carbonyl (C=O) groups is 1. The highest BCUT2D eigenvalue weighted by atomic mass is 16.3. The predicted molar refractivity (Wildman–Crippen MR) is 62.1 cm³/mol. The van der Waals surface area contributed by atoms with Gasteiger partial charge in [-0.05, 0) is 32.2 Å². The molecule has 1 unspecified atom stereocenters. The Kier molecular flexibility index (Phi) is 4.18. The highest BCUT2D eigenvalue weighted by molar-refractivity contribution is 5.82. The Balaban J connectivity index is 2.00. The van der Waals surface area contributed by atoms with E-state index in [4.69, 9.17) is 0 Å². The average molecular weight is 226 g/mol. The first-order valence-corrected chi connectivity index (χ1v) is 6.47. The summed E-state index contributed by atoms with van der Waals surface area (Å²) in [6, 6.07) is 0.0598. The van der Waals surface area contributed by atoms with Gasteiger partial charge in [-0.3, -0.25) is 4.79 Å². The lowest BCUT2D eigenvalue weighted by Gasteiger charge is -2.31. The molecule has 0 aromatic heterocycles. The first-order chi connectivity index (χ1) is 7.83. The van der Waals surface area contributed by atoms with E-state index in [1.54, 1.807) is 0 Å². The van der Waals surface area contributed by atoms with Crippen LogP contribution >= 0.6 is 0 Å². The number of amides is 1. The number of nitrogens with one attached hydrogen (secondary N) is 1. The maximum Gasteiger partial charge on any atom is 0.240 e. The molecule has 0 radical (unpaired) electrons. The third-order valence-electron chi connectivity index (χ3n) is 3.73. The highest BCUT2D eigenvalue weighted by Gasteiger charge is 2.31. The van der Waals surface area contributed by atoms with E-state index >= 15 is 0 Å². The number of nitrogens with zero attached hydrogens (tertiary/aromatic N) is 1. The molecule has 0 aliphatic carbocycles. The molecule has 4 nitrogen and oxygen atoms in total. The van der Waals surface area contributed by atoms with Crippen molar-refractivity contribution in [3.63, 3.8) is 0 Å². The largest absolute Gasteiger partial charge is 0.394 e. The van der Waals surface area contributed by atoms with Crippen molar-refractivity contribution in [1.82, 2.24) is 10.2 Å². The van der Waals surface area contributed by atoms with Crippen molar-refractivity contribution in [3.8, 4) is 0 Å². The van der Waals surface area contributed by atoms with E-state index in [0.29, 0.717) is 0 Å². The minimum atomic E-state index is 0.00662. The third kappa shape index (κ3) is 2.55. The molecule has 0 saturated carbocycles. The standard InChI is InChI=1S/C12H22N2O2/c15-9-10-5-2-1-3-8-14(10)12(16)11-6-4-7-13-11/h10-11,13,15H,1-9H2/t10?,11-/m1/s1. The predicted octanol–water partition coefficient (Wildman–Crippen LogP) is 0.502. The molecule has 2 heterocycles. The van der Waals surface area contributed by atoms with Crippen molar-refractivity contribution in [2.75, 3.05) is 19.7 Å². The molecular weight excluding hydrogens is 204 g/mol. The van der Waals surface area contributed by atoms with Crippen molar-refractivity contribution >= 4 is 5.91 Å². The van der Waals surface area contributed by atoms with E-state index in [1.165, 1.54) is 6.42 Å². The number of hydrogen-bond acceptors (Lipinski definition) is 3. The molecule has 2 aliphatic heterocycles. The Labute approximate surface area is 97.0 Å². The monoisotopic (exact) mass is 226 g/mol. The summed E-state index contributed by atoms with van der Waals surface area (Å²) in [6.45, 7) is 1.88. The molecule has 0 bridgehead atoms. The van der Waals surface area contributed by atoms with Crippen LogP contribution in [0, 0.1) is 0 Å². The van der Waals surface area contributed by atoms with E-state index in [0.717, 1.165) is 45.2 Å². The topological polar surface area (TPSA) is 52.6 Å². The Hall–Kier alpha value is -0.610. The van der Waals surface area contributed by atoms with Gasteiger partial charge in [0.25, 0.3) is 0 Å². The van der Waals surface area contributed by atoms with E-state index < -0.39 is 0 Å². The average Bonchev–Trinajstić information content (AvgIpc) is 2.73. The van der Waals surface area contributed by atoms with E-state index in [1.807, 2.05) is 4.90 Å². The van der Waals surface area contributed by atoms with Crippen LogP contribution < -0.4 is 5.32 Å². The summed E-state index contributed by atoms with van der Waals surface area (Å²) in [4.78, 5) is 14.2. The van der Waals surface area contributed by atoms with Gasteiger partial charge in [0.15, 0.2) is 0 Å². The van der Waals surface area contributed by atoms with Gasteiger partial charge in [-0.25, -0.2) is 0 Å². The molecule has 2 N–H and O–H groups in total. The van der Waals surface area contributed by atoms with Crippen LogP contribution in [-0.4, -0.2) is 47.7 Å². The van der Waals surface area contributed by atoms with Crippen LogP contribution in [0.3, 0.4) is 0 Å². The van der Waals surface area contributed by atoms with Crippen LogP contribution in [0.25, 0.3) is 0 Å². The second-order valence-corrected chi connectivity index (χ2v) is 4.87. The molecule has 1 amide bonds. The van der Waals surface area contributed by atoms with Crippen molar-refractivity contribution in [2.24, 2.45) is 0 Å². The summed E-state index contributed by atoms with van der Waals surface area (Å²) in [5.41, 5.74) is 0. The Morgan fingerprint density at radius 3 is 2.81 bits per heavy atom. The zero-order chi connectivity index (χ0) is 11.4. The maximum atomic E-state index is 12.3. The van der Waals surface area contributed by atoms with Crippen LogP contribution in [0.2, 0.25) is 0 Å². The van der Waals surface area contributed by atoms with Gasteiger partial charge in [0.05, 0.1) is 18.7 Å². The Bertz CT molecular complexity index is 239. The summed E-state index contributed by atoms with van der Waals surface area (Å²) < 4.78 is 0. The van der Waals surface area contributed by atoms with Crippen LogP contribution in [0.15, 0.2) is 0 Å². The fourth-order valence-electron chi connectivity index (χ4n) is 2.75. The fourth-order valence-corrected chi connectivity index (χ4v) is 2.75. The number of likely N-dealkylation sites (tertiary alicyclic amines) is 1. The molecule has 16 heavy (non-hydrogen) atoms. The molecule has 2 saturated heterocycles. The van der Waals surface area contributed by atoms with E-state index in [2.05, 4.69) is 5.32 Å². The number of rotatable bonds is 2. The van der Waals surface area contributed by atoms with Crippen molar-refractivity contribution in [3.05, 3.63) is 0 Å². The molecule has 0 aromatic carbocycles. The van der Waals surface area contributed by atoms with Crippen molar-refractivity contribution in [2.45, 2.75) is 50.6 Å². The van der Waals surface area contributed by atoms with E-state index in [-0.39, 0.29) is 24.6 Å². The zero-order valence-corrected chi connectivity index (χ0v) is 9.82. The first kappa shape index (κ1) is 11.9. The summed E-state index contributed by atoms with van der Waals surface area (Å²) in [6.07, 6.45) is 6.39. The minimum Gasteiger partial charge on any atom is -0.394 e. The zero-order valence-electron chi connectivity index (χ0n) is 9.82. The molecule has 2 rings (SSSR count). The smallest absolute Gasteiger partial charge is 0.240 e. The lowest BCUT2D eigenvalue weighted by Crippen LogP contribution is -2.49. The van der Waals surface area contributed by atoms with Crippen LogP contribution in [0.4, 0.5) is 0 Å². The van der Waals surface area contributed by atoms with Gasteiger partial charge >= 0.3 is 0 Å². The second kappa shape index (κ2) is 5.64. The number of hydrogen-bond donors (Lipinski definition) is 2. The fraction of sp³-hybridized carbons (Fsp3) is 0.917. The number of carbonyl (C=O) groups excluding carboxylic acids is 1. The van der Waals surface area contributed by atoms with Crippen LogP contribution in [0.5, 0.6) is 0 Å². The molecule has 92 valence electrons. The van der Waals surface area contributed by atoms with Gasteiger partial charge in [0.1, 0.15) is 0 Å². The third-order valence-corrected chi connectivity index (χ3v) is 3.73. The summed E-state index contributed by atoms with van der Waals surface area (Å²) >= 11 is 0. The summed E-state index contributed by atoms with van der Waals surface area (Å²) in [7, 11) is 0.